The van der Waals surface area contributed by atoms with Crippen molar-refractivity contribution >= 4 is 5.78 Å². The van der Waals surface area contributed by atoms with Crippen LogP contribution in [0.15, 0.2) is 30.6 Å². The largest absolute Gasteiger partial charge is 0.367 e. The Bertz CT molecular complexity index is 532. The average Bonchev–Trinajstić information content (AvgIpc) is 2.77. The molecule has 2 nitrogen and oxygen atoms in total. The summed E-state index contributed by atoms with van der Waals surface area (Å²) in [5.41, 5.74) is -0.0108. The summed E-state index contributed by atoms with van der Waals surface area (Å²) >= 11 is 0. The SMILES string of the molecule is Cc1ccc(F)c(C(=O)c2cc[nH]c2)c1F. The summed E-state index contributed by atoms with van der Waals surface area (Å²) in [5.74, 6) is -2.29. The van der Waals surface area contributed by atoms with Gasteiger partial charge >= 0.3 is 0 Å². The Morgan fingerprint density at radius 3 is 2.62 bits per heavy atom. The lowest BCUT2D eigenvalue weighted by atomic mass is 10.0. The molecular weight excluding hydrogens is 212 g/mol. The molecule has 0 atom stereocenters. The van der Waals surface area contributed by atoms with E-state index in [1.54, 1.807) is 0 Å². The second-order valence-electron chi connectivity index (χ2n) is 3.48. The van der Waals surface area contributed by atoms with Gasteiger partial charge in [0.25, 0.3) is 0 Å². The molecule has 2 rings (SSSR count). The number of halogens is 2. The van der Waals surface area contributed by atoms with Crippen molar-refractivity contribution in [2.75, 3.05) is 0 Å². The number of rotatable bonds is 2. The number of aromatic nitrogens is 1. The molecule has 0 bridgehead atoms. The van der Waals surface area contributed by atoms with Crippen molar-refractivity contribution in [1.29, 1.82) is 0 Å². The minimum Gasteiger partial charge on any atom is -0.367 e. The molecule has 1 heterocycles. The predicted molar refractivity (Wildman–Crippen MR) is 55.3 cm³/mol. The first kappa shape index (κ1) is 10.5. The summed E-state index contributed by atoms with van der Waals surface area (Å²) in [4.78, 5) is 14.5. The Kier molecular flexibility index (Phi) is 2.56. The molecule has 0 unspecified atom stereocenters. The van der Waals surface area contributed by atoms with E-state index in [9.17, 15) is 13.6 Å². The lowest BCUT2D eigenvalue weighted by molar-refractivity contribution is 0.103. The quantitative estimate of drug-likeness (QED) is 0.777. The maximum Gasteiger partial charge on any atom is 0.200 e. The van der Waals surface area contributed by atoms with E-state index in [1.165, 1.54) is 31.5 Å². The van der Waals surface area contributed by atoms with E-state index in [0.29, 0.717) is 0 Å². The predicted octanol–water partition coefficient (Wildman–Crippen LogP) is 2.83. The molecule has 82 valence electrons. The number of ketones is 1. The molecule has 1 N–H and O–H groups in total. The molecular formula is C12H9F2NO. The van der Waals surface area contributed by atoms with Crippen molar-refractivity contribution in [2.45, 2.75) is 6.92 Å². The number of aromatic amines is 1. The third kappa shape index (κ3) is 1.62. The van der Waals surface area contributed by atoms with E-state index in [1.807, 2.05) is 0 Å². The van der Waals surface area contributed by atoms with Crippen LogP contribution in [0, 0.1) is 18.6 Å². The van der Waals surface area contributed by atoms with Gasteiger partial charge in [-0.3, -0.25) is 4.79 Å². The molecule has 1 aromatic heterocycles. The van der Waals surface area contributed by atoms with Crippen LogP contribution in [0.2, 0.25) is 0 Å². The number of hydrogen-bond acceptors (Lipinski definition) is 1. The number of benzene rings is 1. The fourth-order valence-electron chi connectivity index (χ4n) is 1.47. The molecule has 0 fully saturated rings. The van der Waals surface area contributed by atoms with Crippen LogP contribution >= 0.6 is 0 Å². The first-order valence-corrected chi connectivity index (χ1v) is 4.73. The summed E-state index contributed by atoms with van der Waals surface area (Å²) in [5, 5.41) is 0. The number of carbonyl (C=O) groups excluding carboxylic acids is 1. The highest BCUT2D eigenvalue weighted by Crippen LogP contribution is 2.19. The van der Waals surface area contributed by atoms with Crippen molar-refractivity contribution in [1.82, 2.24) is 4.98 Å². The van der Waals surface area contributed by atoms with Crippen LogP contribution in [-0.4, -0.2) is 10.8 Å². The molecule has 0 spiro atoms. The van der Waals surface area contributed by atoms with E-state index >= 15 is 0 Å². The highest BCUT2D eigenvalue weighted by atomic mass is 19.1. The van der Waals surface area contributed by atoms with Crippen LogP contribution < -0.4 is 0 Å². The van der Waals surface area contributed by atoms with Crippen LogP contribution in [-0.2, 0) is 0 Å². The van der Waals surface area contributed by atoms with Gasteiger partial charge in [-0.25, -0.2) is 8.78 Å². The van der Waals surface area contributed by atoms with Gasteiger partial charge in [-0.05, 0) is 24.6 Å². The van der Waals surface area contributed by atoms with Gasteiger partial charge in [0, 0.05) is 18.0 Å². The van der Waals surface area contributed by atoms with Gasteiger partial charge in [-0.15, -0.1) is 0 Å². The van der Waals surface area contributed by atoms with E-state index in [4.69, 9.17) is 0 Å². The monoisotopic (exact) mass is 221 g/mol. The Balaban J connectivity index is 2.56. The average molecular weight is 221 g/mol. The second kappa shape index (κ2) is 3.89. The molecule has 0 aliphatic carbocycles. The van der Waals surface area contributed by atoms with Crippen molar-refractivity contribution < 1.29 is 13.6 Å². The fourth-order valence-corrected chi connectivity index (χ4v) is 1.47. The molecule has 2 aromatic rings. The lowest BCUT2D eigenvalue weighted by Crippen LogP contribution is -2.07. The van der Waals surface area contributed by atoms with Crippen molar-refractivity contribution in [3.8, 4) is 0 Å². The maximum atomic E-state index is 13.6. The minimum atomic E-state index is -0.839. The second-order valence-corrected chi connectivity index (χ2v) is 3.48. The zero-order chi connectivity index (χ0) is 11.7. The summed E-state index contributed by atoms with van der Waals surface area (Å²) in [6, 6.07) is 3.88. The van der Waals surface area contributed by atoms with Crippen LogP contribution in [0.3, 0.4) is 0 Å². The van der Waals surface area contributed by atoms with E-state index in [-0.39, 0.29) is 11.1 Å². The highest BCUT2D eigenvalue weighted by molar-refractivity contribution is 6.09. The molecule has 0 saturated heterocycles. The minimum absolute atomic E-state index is 0.239. The van der Waals surface area contributed by atoms with E-state index in [2.05, 4.69) is 4.98 Å². The van der Waals surface area contributed by atoms with Gasteiger partial charge < -0.3 is 4.98 Å². The smallest absolute Gasteiger partial charge is 0.200 e. The van der Waals surface area contributed by atoms with Gasteiger partial charge in [0.05, 0.1) is 5.56 Å². The van der Waals surface area contributed by atoms with E-state index < -0.39 is 23.0 Å². The Morgan fingerprint density at radius 1 is 1.25 bits per heavy atom. The number of H-pyrrole nitrogens is 1. The number of aryl methyl sites for hydroxylation is 1. The lowest BCUT2D eigenvalue weighted by Gasteiger charge is -2.04. The summed E-state index contributed by atoms with van der Waals surface area (Å²) in [6.07, 6.45) is 2.93. The van der Waals surface area contributed by atoms with Gasteiger partial charge in [0.15, 0.2) is 5.78 Å². The topological polar surface area (TPSA) is 32.9 Å². The maximum absolute atomic E-state index is 13.6. The molecule has 0 amide bonds. The summed E-state index contributed by atoms with van der Waals surface area (Å²) < 4.78 is 27.0. The van der Waals surface area contributed by atoms with Gasteiger partial charge in [0.1, 0.15) is 11.6 Å². The Labute approximate surface area is 90.9 Å². The first-order chi connectivity index (χ1) is 7.61. The summed E-state index contributed by atoms with van der Waals surface area (Å²) in [6.45, 7) is 1.49. The molecule has 4 heteroatoms. The van der Waals surface area contributed by atoms with Crippen LogP contribution in [0.4, 0.5) is 8.78 Å². The first-order valence-electron chi connectivity index (χ1n) is 4.73. The number of hydrogen-bond donors (Lipinski definition) is 1. The molecule has 1 aromatic carbocycles. The standard InChI is InChI=1S/C12H9F2NO/c1-7-2-3-9(13)10(11(7)14)12(16)8-4-5-15-6-8/h2-6,15H,1H3. The Morgan fingerprint density at radius 2 is 2.00 bits per heavy atom. The number of nitrogens with one attached hydrogen (secondary N) is 1. The number of carbonyl (C=O) groups is 1. The zero-order valence-electron chi connectivity index (χ0n) is 8.55. The van der Waals surface area contributed by atoms with Crippen LogP contribution in [0.25, 0.3) is 0 Å². The molecule has 0 aliphatic rings. The normalized spacial score (nSPS) is 10.4. The van der Waals surface area contributed by atoms with Gasteiger partial charge in [0.2, 0.25) is 0 Å². The van der Waals surface area contributed by atoms with Gasteiger partial charge in [-0.1, -0.05) is 6.07 Å². The zero-order valence-corrected chi connectivity index (χ0v) is 8.55. The molecule has 16 heavy (non-hydrogen) atoms. The Hall–Kier alpha value is -1.97. The van der Waals surface area contributed by atoms with Crippen molar-refractivity contribution in [3.63, 3.8) is 0 Å². The van der Waals surface area contributed by atoms with Crippen molar-refractivity contribution in [2.24, 2.45) is 0 Å². The summed E-state index contributed by atoms with van der Waals surface area (Å²) in [7, 11) is 0. The molecule has 0 saturated carbocycles. The third-order valence-corrected chi connectivity index (χ3v) is 2.37. The molecule has 0 radical (unpaired) electrons. The molecule has 0 aliphatic heterocycles. The van der Waals surface area contributed by atoms with Gasteiger partial charge in [-0.2, -0.15) is 0 Å². The third-order valence-electron chi connectivity index (χ3n) is 2.37. The fraction of sp³-hybridized carbons (Fsp3) is 0.0833. The van der Waals surface area contributed by atoms with Crippen LogP contribution in [0.5, 0.6) is 0 Å². The van der Waals surface area contributed by atoms with E-state index in [0.717, 1.165) is 6.07 Å². The van der Waals surface area contributed by atoms with Crippen molar-refractivity contribution in [3.05, 3.63) is 58.9 Å². The van der Waals surface area contributed by atoms with Crippen LogP contribution in [0.1, 0.15) is 21.5 Å². The highest BCUT2D eigenvalue weighted by Gasteiger charge is 2.20.